The van der Waals surface area contributed by atoms with Crippen molar-refractivity contribution in [3.63, 3.8) is 0 Å². The molecule has 9 aromatic rings. The monoisotopic (exact) mass is 1370 g/mol. The molecule has 0 heterocycles. The summed E-state index contributed by atoms with van der Waals surface area (Å²) in [5.74, 6) is 0.142. The third-order valence-corrected chi connectivity index (χ3v) is 17.1. The molecular formula is C78H87O12P5. The van der Waals surface area contributed by atoms with Crippen LogP contribution in [0, 0.1) is 0 Å². The SMILES string of the molecule is CC(C)(C)c1ccccc1-c1cccc(OP(=O)([O-])[O-])c1-c1ccccc1C(C)(C)C.CC(C)(C)c1ccccc1-c1cccc(OP(=O)([O-])[O-])c1-c1ccccc1C(C)(C)C.CC(C)(C)c1ccccc1-c1cccc(OP(=O)([O-])[O-])c1-c1ccccc1C(C)(C)C.[P+3].[P+3]. The topological polar surface area (TPSA) is 217 Å². The first-order chi connectivity index (χ1) is 42.9. The maximum atomic E-state index is 11.6. The van der Waals surface area contributed by atoms with E-state index in [4.69, 9.17) is 13.6 Å². The maximum Gasteiger partial charge on any atom is 3.00 e. The van der Waals surface area contributed by atoms with E-state index in [9.17, 15) is 43.1 Å². The number of phosphoric ester groups is 3. The molecule has 0 spiro atoms. The van der Waals surface area contributed by atoms with Gasteiger partial charge in [-0.25, -0.2) is 0 Å². The Labute approximate surface area is 571 Å². The Hall–Kier alpha value is -6.31. The van der Waals surface area contributed by atoms with Gasteiger partial charge in [-0.15, -0.1) is 0 Å². The van der Waals surface area contributed by atoms with Crippen LogP contribution in [0.25, 0.3) is 66.8 Å². The molecule has 0 fully saturated rings. The summed E-state index contributed by atoms with van der Waals surface area (Å²) >= 11 is 0. The first kappa shape index (κ1) is 79.4. The van der Waals surface area contributed by atoms with Crippen LogP contribution < -0.4 is 42.9 Å². The van der Waals surface area contributed by atoms with E-state index >= 15 is 0 Å². The first-order valence-corrected chi connectivity index (χ1v) is 35.4. The van der Waals surface area contributed by atoms with Crippen molar-refractivity contribution >= 4 is 43.3 Å². The van der Waals surface area contributed by atoms with Crippen LogP contribution in [0.3, 0.4) is 0 Å². The third-order valence-electron chi connectivity index (χ3n) is 15.8. The van der Waals surface area contributed by atoms with Gasteiger partial charge in [-0.3, -0.25) is 0 Å². The Bertz CT molecular complexity index is 3830. The average Bonchev–Trinajstić information content (AvgIpc) is 0.772. The van der Waals surface area contributed by atoms with Gasteiger partial charge in [-0.05, 0) is 134 Å². The smallest absolute Gasteiger partial charge is 0.780 e. The molecule has 0 aliphatic carbocycles. The summed E-state index contributed by atoms with van der Waals surface area (Å²) < 4.78 is 49.7. The molecule has 0 amide bonds. The summed E-state index contributed by atoms with van der Waals surface area (Å²) in [5.41, 5.74) is 15.2. The summed E-state index contributed by atoms with van der Waals surface area (Å²) in [6.45, 7) is 38.1. The number of hydrogen-bond acceptors (Lipinski definition) is 12. The van der Waals surface area contributed by atoms with Crippen molar-refractivity contribution in [1.82, 2.24) is 0 Å². The number of hydrogen-bond donors (Lipinski definition) is 0. The van der Waals surface area contributed by atoms with Gasteiger partial charge in [-0.2, -0.15) is 0 Å². The van der Waals surface area contributed by atoms with Crippen molar-refractivity contribution < 1.29 is 56.6 Å². The molecule has 95 heavy (non-hydrogen) atoms. The second-order valence-corrected chi connectivity index (χ2v) is 32.7. The van der Waals surface area contributed by atoms with Gasteiger partial charge < -0.3 is 56.6 Å². The van der Waals surface area contributed by atoms with E-state index in [2.05, 4.69) is 143 Å². The van der Waals surface area contributed by atoms with Crippen molar-refractivity contribution in [2.75, 3.05) is 0 Å². The predicted octanol–water partition coefficient (Wildman–Crippen LogP) is 19.2. The fourth-order valence-corrected chi connectivity index (χ4v) is 13.1. The average molecular weight is 1370 g/mol. The molecule has 0 atom stereocenters. The summed E-state index contributed by atoms with van der Waals surface area (Å²) in [6.07, 6.45) is 0. The molecule has 0 saturated heterocycles. The largest absolute Gasteiger partial charge is 3.00 e. The molecule has 4 radical (unpaired) electrons. The van der Waals surface area contributed by atoms with Crippen molar-refractivity contribution in [2.45, 2.75) is 157 Å². The molecule has 0 unspecified atom stereocenters. The van der Waals surface area contributed by atoms with Crippen LogP contribution in [0.15, 0.2) is 200 Å². The molecular weight excluding hydrogens is 1280 g/mol. The van der Waals surface area contributed by atoms with Gasteiger partial charge in [0.1, 0.15) is 40.7 Å². The molecule has 17 heteroatoms. The van der Waals surface area contributed by atoms with Gasteiger partial charge in [0.2, 0.25) is 0 Å². The van der Waals surface area contributed by atoms with Gasteiger partial charge in [0, 0.05) is 16.7 Å². The summed E-state index contributed by atoms with van der Waals surface area (Å²) in [7, 11) is -15.7. The normalized spacial score (nSPS) is 12.4. The molecule has 12 nitrogen and oxygen atoms in total. The Morgan fingerprint density at radius 3 is 0.537 bits per heavy atom. The van der Waals surface area contributed by atoms with E-state index < -0.39 is 23.5 Å². The fourth-order valence-electron chi connectivity index (χ4n) is 11.9. The standard InChI is InChI=1S/3C26H31O4P.2P/c3*1-25(2,3)21-15-9-7-12-18(21)19-14-11-17-23(30-31(27,28)29)24(19)20-13-8-10-16-22(20)26(4,5)6;;/h3*7-17H,1-6H3,(H2,27,28,29);;/q;;;2*+3/p-6. The molecule has 0 bridgehead atoms. The second kappa shape index (κ2) is 30.6. The quantitative estimate of drug-likeness (QED) is 0.104. The Balaban J connectivity index is 0.000000255. The van der Waals surface area contributed by atoms with Gasteiger partial charge in [0.15, 0.2) is 0 Å². The van der Waals surface area contributed by atoms with Crippen molar-refractivity contribution in [2.24, 2.45) is 0 Å². The number of phosphoric acid groups is 3. The van der Waals surface area contributed by atoms with Crippen molar-refractivity contribution in [3.8, 4) is 84.0 Å². The van der Waals surface area contributed by atoms with E-state index in [1.165, 1.54) is 0 Å². The summed E-state index contributed by atoms with van der Waals surface area (Å²) in [5, 5.41) is 0. The zero-order chi connectivity index (χ0) is 69.1. The fraction of sp³-hybridized carbons (Fsp3) is 0.308. The minimum atomic E-state index is -5.25. The molecule has 0 aromatic heterocycles. The molecule has 496 valence electrons. The minimum absolute atomic E-state index is 0. The summed E-state index contributed by atoms with van der Waals surface area (Å²) in [6, 6.07) is 63.4. The van der Waals surface area contributed by atoms with E-state index in [1.807, 2.05) is 146 Å². The molecule has 0 N–H and O–H groups in total. The third kappa shape index (κ3) is 20.6. The van der Waals surface area contributed by atoms with Crippen LogP contribution in [0.1, 0.15) is 158 Å². The van der Waals surface area contributed by atoms with Crippen LogP contribution in [0.5, 0.6) is 17.2 Å². The molecule has 9 aromatic carbocycles. The van der Waals surface area contributed by atoms with E-state index in [0.717, 1.165) is 83.5 Å². The van der Waals surface area contributed by atoms with Crippen LogP contribution >= 0.6 is 43.3 Å². The first-order valence-electron chi connectivity index (χ1n) is 31.0. The van der Waals surface area contributed by atoms with E-state index in [0.29, 0.717) is 16.7 Å². The van der Waals surface area contributed by atoms with Crippen LogP contribution in [0.2, 0.25) is 0 Å². The van der Waals surface area contributed by atoms with Gasteiger partial charge in [0.05, 0.1) is 0 Å². The van der Waals surface area contributed by atoms with Gasteiger partial charge >= 0.3 is 19.8 Å². The number of benzene rings is 9. The van der Waals surface area contributed by atoms with Crippen molar-refractivity contribution in [3.05, 3.63) is 234 Å². The Morgan fingerprint density at radius 1 is 0.221 bits per heavy atom. The molecule has 0 aliphatic heterocycles. The number of rotatable bonds is 12. The molecule has 9 rings (SSSR count). The van der Waals surface area contributed by atoms with Gasteiger partial charge in [-0.1, -0.05) is 307 Å². The Morgan fingerprint density at radius 2 is 0.368 bits per heavy atom. The zero-order valence-electron chi connectivity index (χ0n) is 57.7. The minimum Gasteiger partial charge on any atom is -0.780 e. The maximum absolute atomic E-state index is 11.6. The van der Waals surface area contributed by atoms with Crippen LogP contribution in [-0.4, -0.2) is 0 Å². The predicted molar refractivity (Wildman–Crippen MR) is 383 cm³/mol. The second-order valence-electron chi connectivity index (χ2n) is 29.4. The van der Waals surface area contributed by atoms with E-state index in [-0.39, 0.29) is 69.5 Å². The Kier molecular flexibility index (Phi) is 25.6. The zero-order valence-corrected chi connectivity index (χ0v) is 62.2. The van der Waals surface area contributed by atoms with Crippen LogP contribution in [0.4, 0.5) is 0 Å². The van der Waals surface area contributed by atoms with Crippen molar-refractivity contribution in [1.29, 1.82) is 0 Å². The molecule has 0 aliphatic rings. The summed E-state index contributed by atoms with van der Waals surface area (Å²) in [4.78, 5) is 69.5. The van der Waals surface area contributed by atoms with E-state index in [1.54, 1.807) is 36.4 Å². The van der Waals surface area contributed by atoms with Crippen LogP contribution in [-0.2, 0) is 46.2 Å². The van der Waals surface area contributed by atoms with Gasteiger partial charge in [0.25, 0.3) is 0 Å². The molecule has 0 saturated carbocycles.